The molecule has 1 aliphatic rings. The summed E-state index contributed by atoms with van der Waals surface area (Å²) in [6.45, 7) is 3.16. The Kier molecular flexibility index (Phi) is 4.53. The van der Waals surface area contributed by atoms with E-state index in [4.69, 9.17) is 5.10 Å². The second-order valence-corrected chi connectivity index (χ2v) is 6.53. The molecule has 1 N–H and O–H groups in total. The number of thiophene rings is 1. The lowest BCUT2D eigenvalue weighted by Crippen LogP contribution is -2.22. The van der Waals surface area contributed by atoms with E-state index in [0.29, 0.717) is 12.1 Å². The fourth-order valence-electron chi connectivity index (χ4n) is 3.08. The molecule has 0 aliphatic heterocycles. The molecule has 1 saturated carbocycles. The highest BCUT2D eigenvalue weighted by molar-refractivity contribution is 7.10. The highest BCUT2D eigenvalue weighted by Crippen LogP contribution is 2.29. The first-order chi connectivity index (χ1) is 9.86. The van der Waals surface area contributed by atoms with E-state index in [1.165, 1.54) is 36.3 Å². The predicted molar refractivity (Wildman–Crippen MR) is 84.2 cm³/mol. The van der Waals surface area contributed by atoms with Crippen molar-refractivity contribution < 1.29 is 0 Å². The van der Waals surface area contributed by atoms with E-state index in [-0.39, 0.29) is 0 Å². The molecule has 3 nitrogen and oxygen atoms in total. The van der Waals surface area contributed by atoms with E-state index in [1.54, 1.807) is 0 Å². The number of nitrogens with zero attached hydrogens (tertiary/aromatic N) is 2. The second kappa shape index (κ2) is 6.55. The third kappa shape index (κ3) is 3.13. The molecule has 1 aliphatic carbocycles. The zero-order chi connectivity index (χ0) is 13.8. The molecule has 1 unspecified atom stereocenters. The summed E-state index contributed by atoms with van der Waals surface area (Å²) >= 11 is 1.83. The van der Waals surface area contributed by atoms with Crippen molar-refractivity contribution in [2.24, 2.45) is 0 Å². The summed E-state index contributed by atoms with van der Waals surface area (Å²) in [5.74, 6) is 0. The van der Waals surface area contributed by atoms with Crippen molar-refractivity contribution in [1.82, 2.24) is 15.1 Å². The standard InChI is InChI=1S/C16H23N3S/c1-2-17-15(16-8-5-11-20-16)12-13-9-10-19(18-13)14-6-3-4-7-14/h5,8-11,14-15,17H,2-4,6-7,12H2,1H3. The van der Waals surface area contributed by atoms with Crippen molar-refractivity contribution >= 4 is 11.3 Å². The predicted octanol–water partition coefficient (Wildman–Crippen LogP) is 3.95. The first-order valence-electron chi connectivity index (χ1n) is 7.67. The molecule has 0 amide bonds. The summed E-state index contributed by atoms with van der Waals surface area (Å²) < 4.78 is 2.19. The van der Waals surface area contributed by atoms with Crippen LogP contribution in [-0.2, 0) is 6.42 Å². The Bertz CT molecular complexity index is 512. The Morgan fingerprint density at radius 2 is 2.25 bits per heavy atom. The van der Waals surface area contributed by atoms with Gasteiger partial charge in [-0.2, -0.15) is 5.10 Å². The Hall–Kier alpha value is -1.13. The highest BCUT2D eigenvalue weighted by atomic mass is 32.1. The van der Waals surface area contributed by atoms with Crippen LogP contribution in [0.5, 0.6) is 0 Å². The van der Waals surface area contributed by atoms with Gasteiger partial charge < -0.3 is 5.32 Å². The van der Waals surface area contributed by atoms with Gasteiger partial charge in [-0.3, -0.25) is 4.68 Å². The van der Waals surface area contributed by atoms with Gasteiger partial charge in [0, 0.05) is 23.5 Å². The van der Waals surface area contributed by atoms with Gasteiger partial charge in [-0.05, 0) is 36.9 Å². The van der Waals surface area contributed by atoms with Crippen LogP contribution in [0.3, 0.4) is 0 Å². The molecule has 20 heavy (non-hydrogen) atoms. The molecule has 0 spiro atoms. The second-order valence-electron chi connectivity index (χ2n) is 5.56. The average Bonchev–Trinajstić information content (AvgIpc) is 3.20. The van der Waals surface area contributed by atoms with Crippen LogP contribution in [0, 0.1) is 0 Å². The van der Waals surface area contributed by atoms with Gasteiger partial charge in [0.25, 0.3) is 0 Å². The molecule has 4 heteroatoms. The third-order valence-corrected chi connectivity index (χ3v) is 5.10. The van der Waals surface area contributed by atoms with E-state index >= 15 is 0 Å². The number of hydrogen-bond acceptors (Lipinski definition) is 3. The zero-order valence-corrected chi connectivity index (χ0v) is 12.9. The first-order valence-corrected chi connectivity index (χ1v) is 8.55. The van der Waals surface area contributed by atoms with Gasteiger partial charge in [0.1, 0.15) is 0 Å². The van der Waals surface area contributed by atoms with Crippen LogP contribution < -0.4 is 5.32 Å². The van der Waals surface area contributed by atoms with Gasteiger partial charge in [0.2, 0.25) is 0 Å². The van der Waals surface area contributed by atoms with Crippen molar-refractivity contribution in [3.8, 4) is 0 Å². The van der Waals surface area contributed by atoms with E-state index in [2.05, 4.69) is 46.7 Å². The smallest absolute Gasteiger partial charge is 0.0644 e. The van der Waals surface area contributed by atoms with Crippen LogP contribution in [0.2, 0.25) is 0 Å². The summed E-state index contributed by atoms with van der Waals surface area (Å²) in [6, 6.07) is 7.57. The first kappa shape index (κ1) is 13.8. The Labute approximate surface area is 125 Å². The van der Waals surface area contributed by atoms with E-state index in [1.807, 2.05) is 11.3 Å². The van der Waals surface area contributed by atoms with Gasteiger partial charge in [-0.1, -0.05) is 25.8 Å². The van der Waals surface area contributed by atoms with Crippen LogP contribution >= 0.6 is 11.3 Å². The summed E-state index contributed by atoms with van der Waals surface area (Å²) in [4.78, 5) is 1.40. The molecule has 3 rings (SSSR count). The van der Waals surface area contributed by atoms with Crippen LogP contribution in [0.15, 0.2) is 29.8 Å². The largest absolute Gasteiger partial charge is 0.309 e. The quantitative estimate of drug-likeness (QED) is 0.872. The molecule has 0 radical (unpaired) electrons. The topological polar surface area (TPSA) is 29.9 Å². The Morgan fingerprint density at radius 1 is 1.40 bits per heavy atom. The average molecular weight is 289 g/mol. The minimum Gasteiger partial charge on any atom is -0.309 e. The minimum atomic E-state index is 0.395. The molecule has 2 aromatic heterocycles. The lowest BCUT2D eigenvalue weighted by molar-refractivity contribution is 0.458. The molecular formula is C16H23N3S. The Morgan fingerprint density at radius 3 is 2.95 bits per heavy atom. The van der Waals surface area contributed by atoms with Gasteiger partial charge in [0.05, 0.1) is 11.7 Å². The molecule has 0 saturated heterocycles. The number of likely N-dealkylation sites (N-methyl/N-ethyl adjacent to an activating group) is 1. The summed E-state index contributed by atoms with van der Waals surface area (Å²) in [7, 11) is 0. The van der Waals surface area contributed by atoms with Crippen molar-refractivity contribution in [2.45, 2.75) is 51.1 Å². The number of nitrogens with one attached hydrogen (secondary N) is 1. The molecule has 0 aromatic carbocycles. The lowest BCUT2D eigenvalue weighted by Gasteiger charge is -2.15. The monoisotopic (exact) mass is 289 g/mol. The van der Waals surface area contributed by atoms with Crippen molar-refractivity contribution in [3.63, 3.8) is 0 Å². The summed E-state index contributed by atoms with van der Waals surface area (Å²) in [5, 5.41) is 10.5. The van der Waals surface area contributed by atoms with E-state index in [9.17, 15) is 0 Å². The SMILES string of the molecule is CCNC(Cc1ccn(C2CCCC2)n1)c1cccs1. The number of rotatable bonds is 6. The fourth-order valence-corrected chi connectivity index (χ4v) is 3.88. The number of hydrogen-bond donors (Lipinski definition) is 1. The van der Waals surface area contributed by atoms with Crippen molar-refractivity contribution in [2.75, 3.05) is 6.54 Å². The molecule has 2 heterocycles. The van der Waals surface area contributed by atoms with Crippen LogP contribution in [0.4, 0.5) is 0 Å². The minimum absolute atomic E-state index is 0.395. The maximum Gasteiger partial charge on any atom is 0.0644 e. The Balaban J connectivity index is 1.69. The van der Waals surface area contributed by atoms with Crippen molar-refractivity contribution in [1.29, 1.82) is 0 Å². The molecule has 1 atom stereocenters. The molecular weight excluding hydrogens is 266 g/mol. The highest BCUT2D eigenvalue weighted by Gasteiger charge is 2.19. The maximum atomic E-state index is 4.81. The van der Waals surface area contributed by atoms with E-state index in [0.717, 1.165) is 13.0 Å². The molecule has 108 valence electrons. The van der Waals surface area contributed by atoms with Crippen LogP contribution in [0.1, 0.15) is 55.3 Å². The van der Waals surface area contributed by atoms with E-state index < -0.39 is 0 Å². The van der Waals surface area contributed by atoms with Gasteiger partial charge in [-0.15, -0.1) is 11.3 Å². The van der Waals surface area contributed by atoms with Crippen LogP contribution in [0.25, 0.3) is 0 Å². The molecule has 1 fully saturated rings. The molecule has 2 aromatic rings. The lowest BCUT2D eigenvalue weighted by atomic mass is 10.1. The summed E-state index contributed by atoms with van der Waals surface area (Å²) in [5.41, 5.74) is 1.20. The normalized spacial score (nSPS) is 17.6. The van der Waals surface area contributed by atoms with Crippen molar-refractivity contribution in [3.05, 3.63) is 40.3 Å². The maximum absolute atomic E-state index is 4.81. The van der Waals surface area contributed by atoms with Crippen LogP contribution in [-0.4, -0.2) is 16.3 Å². The summed E-state index contributed by atoms with van der Waals surface area (Å²) in [6.07, 6.45) is 8.45. The van der Waals surface area contributed by atoms with Gasteiger partial charge in [0.15, 0.2) is 0 Å². The fraction of sp³-hybridized carbons (Fsp3) is 0.562. The zero-order valence-electron chi connectivity index (χ0n) is 12.1. The van der Waals surface area contributed by atoms with Gasteiger partial charge >= 0.3 is 0 Å². The third-order valence-electron chi connectivity index (χ3n) is 4.11. The number of aromatic nitrogens is 2. The van der Waals surface area contributed by atoms with Gasteiger partial charge in [-0.25, -0.2) is 0 Å². The molecule has 0 bridgehead atoms.